The van der Waals surface area contributed by atoms with Crippen LogP contribution in [0.4, 0.5) is 0 Å². The van der Waals surface area contributed by atoms with Gasteiger partial charge in [-0.1, -0.05) is 5.21 Å². The molecule has 2 amide bonds. The fourth-order valence-electron chi connectivity index (χ4n) is 3.33. The molecule has 1 atom stereocenters. The lowest BCUT2D eigenvalue weighted by atomic mass is 10.1. The zero-order valence-electron chi connectivity index (χ0n) is 15.3. The lowest BCUT2D eigenvalue weighted by molar-refractivity contribution is -0.139. The molecule has 27 heavy (non-hydrogen) atoms. The van der Waals surface area contributed by atoms with Gasteiger partial charge in [-0.3, -0.25) is 9.59 Å². The van der Waals surface area contributed by atoms with Gasteiger partial charge in [0.2, 0.25) is 5.91 Å². The molecule has 2 aliphatic heterocycles. The van der Waals surface area contributed by atoms with Gasteiger partial charge >= 0.3 is 0 Å². The standard InChI is InChI=1S/C18H21N5O4/c1-3-21-6-7-22(12(2)17(21)24)18(25)14-11-23(20-19-14)13-4-5-15-16(10-13)27-9-8-26-15/h4-5,10-12H,3,6-9H2,1-2H3. The third-order valence-electron chi connectivity index (χ3n) is 4.89. The van der Waals surface area contributed by atoms with Crippen LogP contribution in [0.3, 0.4) is 0 Å². The molecule has 0 radical (unpaired) electrons. The number of amides is 2. The smallest absolute Gasteiger partial charge is 0.276 e. The Bertz CT molecular complexity index is 880. The van der Waals surface area contributed by atoms with E-state index in [4.69, 9.17) is 9.47 Å². The van der Waals surface area contributed by atoms with Gasteiger partial charge in [0.1, 0.15) is 19.3 Å². The third kappa shape index (κ3) is 3.09. The molecule has 3 heterocycles. The fourth-order valence-corrected chi connectivity index (χ4v) is 3.33. The molecule has 2 aliphatic rings. The summed E-state index contributed by atoms with van der Waals surface area (Å²) in [5, 5.41) is 8.06. The number of fused-ring (bicyclic) bond motifs is 1. The summed E-state index contributed by atoms with van der Waals surface area (Å²) < 4.78 is 12.6. The molecule has 1 fully saturated rings. The molecule has 1 aromatic heterocycles. The maximum Gasteiger partial charge on any atom is 0.276 e. The van der Waals surface area contributed by atoms with E-state index >= 15 is 0 Å². The van der Waals surface area contributed by atoms with E-state index < -0.39 is 6.04 Å². The SMILES string of the molecule is CCN1CCN(C(=O)c2cn(-c3ccc4c(c3)OCCO4)nn2)C(C)C1=O. The number of piperazine rings is 1. The van der Waals surface area contributed by atoms with Crippen molar-refractivity contribution in [3.63, 3.8) is 0 Å². The molecule has 2 aromatic rings. The number of benzene rings is 1. The van der Waals surface area contributed by atoms with Gasteiger partial charge in [0, 0.05) is 25.7 Å². The first-order valence-corrected chi connectivity index (χ1v) is 9.00. The summed E-state index contributed by atoms with van der Waals surface area (Å²) in [5.41, 5.74) is 0.917. The molecule has 0 N–H and O–H groups in total. The van der Waals surface area contributed by atoms with Crippen LogP contribution in [-0.4, -0.2) is 75.5 Å². The van der Waals surface area contributed by atoms with Crippen LogP contribution in [0.25, 0.3) is 5.69 Å². The molecule has 0 aliphatic carbocycles. The van der Waals surface area contributed by atoms with E-state index in [1.165, 1.54) is 4.68 Å². The highest BCUT2D eigenvalue weighted by Gasteiger charge is 2.35. The summed E-state index contributed by atoms with van der Waals surface area (Å²) in [4.78, 5) is 28.5. The second-order valence-corrected chi connectivity index (χ2v) is 6.47. The van der Waals surface area contributed by atoms with Gasteiger partial charge in [-0.25, -0.2) is 4.68 Å². The summed E-state index contributed by atoms with van der Waals surface area (Å²) in [7, 11) is 0. The van der Waals surface area contributed by atoms with Crippen molar-refractivity contribution >= 4 is 11.8 Å². The van der Waals surface area contributed by atoms with E-state index in [1.807, 2.05) is 13.0 Å². The van der Waals surface area contributed by atoms with Gasteiger partial charge < -0.3 is 19.3 Å². The average molecular weight is 371 g/mol. The van der Waals surface area contributed by atoms with E-state index in [1.54, 1.807) is 35.1 Å². The van der Waals surface area contributed by atoms with Gasteiger partial charge in [0.25, 0.3) is 5.91 Å². The topological polar surface area (TPSA) is 89.8 Å². The Labute approximate surface area is 156 Å². The molecule has 0 saturated carbocycles. The second kappa shape index (κ2) is 6.90. The number of likely N-dealkylation sites (N-methyl/N-ethyl adjacent to an activating group) is 1. The van der Waals surface area contributed by atoms with Crippen LogP contribution in [0, 0.1) is 0 Å². The maximum atomic E-state index is 12.8. The lowest BCUT2D eigenvalue weighted by Gasteiger charge is -2.38. The normalized spacial score (nSPS) is 19.3. The van der Waals surface area contributed by atoms with Crippen LogP contribution >= 0.6 is 0 Å². The van der Waals surface area contributed by atoms with Gasteiger partial charge in [-0.05, 0) is 26.0 Å². The van der Waals surface area contributed by atoms with Crippen molar-refractivity contribution in [2.75, 3.05) is 32.8 Å². The number of carbonyl (C=O) groups is 2. The Morgan fingerprint density at radius 2 is 2.00 bits per heavy atom. The summed E-state index contributed by atoms with van der Waals surface area (Å²) in [6.45, 7) is 6.35. The molecule has 4 rings (SSSR count). The lowest BCUT2D eigenvalue weighted by Crippen LogP contribution is -2.57. The largest absolute Gasteiger partial charge is 0.486 e. The van der Waals surface area contributed by atoms with Crippen LogP contribution in [-0.2, 0) is 4.79 Å². The Morgan fingerprint density at radius 3 is 2.78 bits per heavy atom. The van der Waals surface area contributed by atoms with Crippen molar-refractivity contribution in [1.82, 2.24) is 24.8 Å². The average Bonchev–Trinajstić information content (AvgIpc) is 3.19. The Kier molecular flexibility index (Phi) is 4.43. The van der Waals surface area contributed by atoms with E-state index in [-0.39, 0.29) is 17.5 Å². The highest BCUT2D eigenvalue weighted by molar-refractivity contribution is 5.96. The molecule has 1 aromatic carbocycles. The minimum atomic E-state index is -0.509. The first-order valence-electron chi connectivity index (χ1n) is 9.00. The van der Waals surface area contributed by atoms with Crippen LogP contribution < -0.4 is 9.47 Å². The summed E-state index contributed by atoms with van der Waals surface area (Å²) >= 11 is 0. The van der Waals surface area contributed by atoms with E-state index in [0.29, 0.717) is 50.0 Å². The number of aromatic nitrogens is 3. The van der Waals surface area contributed by atoms with Crippen LogP contribution in [0.1, 0.15) is 24.3 Å². The second-order valence-electron chi connectivity index (χ2n) is 6.47. The minimum Gasteiger partial charge on any atom is -0.486 e. The van der Waals surface area contributed by atoms with Gasteiger partial charge in [0.15, 0.2) is 17.2 Å². The van der Waals surface area contributed by atoms with E-state index in [2.05, 4.69) is 10.3 Å². The Morgan fingerprint density at radius 1 is 1.22 bits per heavy atom. The zero-order chi connectivity index (χ0) is 19.0. The predicted molar refractivity (Wildman–Crippen MR) is 95.1 cm³/mol. The number of hydrogen-bond acceptors (Lipinski definition) is 6. The fraction of sp³-hybridized carbons (Fsp3) is 0.444. The monoisotopic (exact) mass is 371 g/mol. The molecule has 0 spiro atoms. The Balaban J connectivity index is 1.54. The highest BCUT2D eigenvalue weighted by atomic mass is 16.6. The van der Waals surface area contributed by atoms with Crippen LogP contribution in [0.2, 0.25) is 0 Å². The number of carbonyl (C=O) groups excluding carboxylic acids is 2. The molecular weight excluding hydrogens is 350 g/mol. The quantitative estimate of drug-likeness (QED) is 0.790. The third-order valence-corrected chi connectivity index (χ3v) is 4.89. The summed E-state index contributed by atoms with van der Waals surface area (Å²) in [6, 6.07) is 4.91. The zero-order valence-corrected chi connectivity index (χ0v) is 15.3. The highest BCUT2D eigenvalue weighted by Crippen LogP contribution is 2.31. The first kappa shape index (κ1) is 17.3. The minimum absolute atomic E-state index is 0.0451. The van der Waals surface area contributed by atoms with Gasteiger partial charge in [0.05, 0.1) is 11.9 Å². The van der Waals surface area contributed by atoms with Crippen molar-refractivity contribution in [3.05, 3.63) is 30.1 Å². The Hall–Kier alpha value is -3.10. The molecule has 9 nitrogen and oxygen atoms in total. The number of nitrogens with zero attached hydrogens (tertiary/aromatic N) is 5. The summed E-state index contributed by atoms with van der Waals surface area (Å²) in [6.07, 6.45) is 1.57. The van der Waals surface area contributed by atoms with Gasteiger partial charge in [-0.15, -0.1) is 5.10 Å². The molecule has 9 heteroatoms. The van der Waals surface area contributed by atoms with Crippen LogP contribution in [0.15, 0.2) is 24.4 Å². The summed E-state index contributed by atoms with van der Waals surface area (Å²) in [5.74, 6) is 0.978. The predicted octanol–water partition coefficient (Wildman–Crippen LogP) is 0.731. The molecule has 0 bridgehead atoms. The van der Waals surface area contributed by atoms with Crippen molar-refractivity contribution in [2.24, 2.45) is 0 Å². The van der Waals surface area contributed by atoms with Crippen molar-refractivity contribution in [3.8, 4) is 17.2 Å². The molecule has 1 saturated heterocycles. The van der Waals surface area contributed by atoms with Crippen molar-refractivity contribution < 1.29 is 19.1 Å². The van der Waals surface area contributed by atoms with Crippen LogP contribution in [0.5, 0.6) is 11.5 Å². The van der Waals surface area contributed by atoms with Crippen molar-refractivity contribution in [1.29, 1.82) is 0 Å². The first-order chi connectivity index (χ1) is 13.1. The number of ether oxygens (including phenoxy) is 2. The number of hydrogen-bond donors (Lipinski definition) is 0. The maximum absolute atomic E-state index is 12.8. The molecule has 1 unspecified atom stereocenters. The molecular formula is C18H21N5O4. The number of rotatable bonds is 3. The van der Waals surface area contributed by atoms with E-state index in [9.17, 15) is 9.59 Å². The van der Waals surface area contributed by atoms with E-state index in [0.717, 1.165) is 0 Å². The van der Waals surface area contributed by atoms with Gasteiger partial charge in [-0.2, -0.15) is 0 Å². The van der Waals surface area contributed by atoms with Crippen molar-refractivity contribution in [2.45, 2.75) is 19.9 Å². The molecule has 142 valence electrons.